The largest absolute Gasteiger partial charge is 0.372 e. The summed E-state index contributed by atoms with van der Waals surface area (Å²) in [4.78, 5) is 0. The van der Waals surface area contributed by atoms with Crippen molar-refractivity contribution < 1.29 is 83.8 Å². The molecule has 42 heavy (non-hydrogen) atoms. The second-order valence-corrected chi connectivity index (χ2v) is 12.3. The van der Waals surface area contributed by atoms with Crippen molar-refractivity contribution in [1.29, 1.82) is 0 Å². The zero-order valence-corrected chi connectivity index (χ0v) is 22.8. The van der Waals surface area contributed by atoms with Crippen molar-refractivity contribution in [3.8, 4) is 0 Å². The van der Waals surface area contributed by atoms with Crippen LogP contribution >= 0.6 is 0 Å². The minimum atomic E-state index is -7.85. The Bertz CT molecular complexity index is 1030. The van der Waals surface area contributed by atoms with Gasteiger partial charge in [0.25, 0.3) is 0 Å². The van der Waals surface area contributed by atoms with Crippen molar-refractivity contribution in [2.75, 3.05) is 0 Å². The van der Waals surface area contributed by atoms with E-state index in [1.807, 2.05) is 36.4 Å². The summed E-state index contributed by atoms with van der Waals surface area (Å²) in [6.45, 7) is 1.35. The van der Waals surface area contributed by atoms with E-state index >= 15 is 0 Å². The summed E-state index contributed by atoms with van der Waals surface area (Å²) in [6, 6.07) is 20.4. The predicted molar refractivity (Wildman–Crippen MR) is 109 cm³/mol. The van der Waals surface area contributed by atoms with E-state index in [-0.39, 0.29) is 0 Å². The SMILES string of the molecule is FC(F)(F)C(F)(F)C(F)(F)[C](F)(F)[Sn][C](F)(F)C(F)(F)C(F)(F)C(F)(F)F.c1ccc(COCc2ccccc2)cc1. The number of halogens is 18. The average Bonchev–Trinajstić information content (AvgIpc) is 2.83. The van der Waals surface area contributed by atoms with Crippen molar-refractivity contribution in [3.63, 3.8) is 0 Å². The minimum absolute atomic E-state index is 0.676. The number of rotatable bonds is 10. The number of hydrogen-bond acceptors (Lipinski definition) is 1. The zero-order valence-electron chi connectivity index (χ0n) is 19.9. The van der Waals surface area contributed by atoms with Crippen molar-refractivity contribution >= 4 is 21.1 Å². The van der Waals surface area contributed by atoms with Gasteiger partial charge >= 0.3 is 144 Å². The van der Waals surface area contributed by atoms with Gasteiger partial charge in [-0.15, -0.1) is 0 Å². The monoisotopic (exact) mass is 756 g/mol. The summed E-state index contributed by atoms with van der Waals surface area (Å²) in [6.07, 6.45) is -15.1. The van der Waals surface area contributed by atoms with Crippen LogP contribution in [-0.4, -0.2) is 65.1 Å². The van der Waals surface area contributed by atoms with Gasteiger partial charge in [-0.25, -0.2) is 0 Å². The number of benzene rings is 2. The molecule has 0 aromatic heterocycles. The smallest absolute Gasteiger partial charge is 0.0721 e. The Balaban J connectivity index is 0.000000488. The molecule has 0 aliphatic heterocycles. The third-order valence-corrected chi connectivity index (χ3v) is 8.41. The Hall–Kier alpha value is -2.06. The molecule has 2 radical (unpaired) electrons. The van der Waals surface area contributed by atoms with Crippen LogP contribution in [0.3, 0.4) is 0 Å². The number of ether oxygens (including phenoxy) is 1. The first-order valence-corrected chi connectivity index (χ1v) is 13.4. The number of alkyl halides is 18. The fourth-order valence-electron chi connectivity index (χ4n) is 2.54. The van der Waals surface area contributed by atoms with Gasteiger partial charge in [0.15, 0.2) is 0 Å². The molecule has 20 heteroatoms. The third kappa shape index (κ3) is 8.10. The molecule has 0 saturated heterocycles. The van der Waals surface area contributed by atoms with Crippen LogP contribution in [0.4, 0.5) is 79.0 Å². The first-order valence-electron chi connectivity index (χ1n) is 10.5. The van der Waals surface area contributed by atoms with Crippen LogP contribution in [0.15, 0.2) is 60.7 Å². The van der Waals surface area contributed by atoms with Crippen LogP contribution in [0.2, 0.25) is 0 Å². The molecular weight excluding hydrogens is 741 g/mol. The maximum atomic E-state index is 12.9. The first kappa shape index (κ1) is 38.0. The number of hydrogen-bond donors (Lipinski definition) is 0. The van der Waals surface area contributed by atoms with Crippen molar-refractivity contribution in [1.82, 2.24) is 0 Å². The molecule has 0 atom stereocenters. The molecular formula is C22H14F18OSn. The van der Waals surface area contributed by atoms with E-state index in [1.54, 1.807) is 0 Å². The van der Waals surface area contributed by atoms with Crippen LogP contribution in [0.5, 0.6) is 0 Å². The van der Waals surface area contributed by atoms with Gasteiger partial charge in [0.1, 0.15) is 0 Å². The van der Waals surface area contributed by atoms with Gasteiger partial charge in [-0.1, -0.05) is 60.7 Å². The molecule has 0 amide bonds. The van der Waals surface area contributed by atoms with E-state index in [1.165, 1.54) is 11.1 Å². The molecule has 0 saturated carbocycles. The molecule has 0 N–H and O–H groups in total. The van der Waals surface area contributed by atoms with Crippen molar-refractivity contribution in [3.05, 3.63) is 71.8 Å². The molecule has 0 unspecified atom stereocenters. The van der Waals surface area contributed by atoms with Crippen molar-refractivity contribution in [2.45, 2.75) is 57.1 Å². The van der Waals surface area contributed by atoms with Gasteiger partial charge in [-0.05, 0) is 11.1 Å². The Kier molecular flexibility index (Phi) is 11.7. The fourth-order valence-corrected chi connectivity index (χ4v) is 5.46. The summed E-state index contributed by atoms with van der Waals surface area (Å²) >= 11 is -6.91. The first-order chi connectivity index (χ1) is 18.7. The molecule has 0 aliphatic carbocycles. The van der Waals surface area contributed by atoms with Gasteiger partial charge in [0.05, 0.1) is 13.2 Å². The van der Waals surface area contributed by atoms with Gasteiger partial charge in [-0.2, -0.15) is 0 Å². The fraction of sp³-hybridized carbons (Fsp3) is 0.455. The van der Waals surface area contributed by atoms with Gasteiger partial charge in [0.2, 0.25) is 0 Å². The van der Waals surface area contributed by atoms with Gasteiger partial charge < -0.3 is 4.74 Å². The van der Waals surface area contributed by atoms with Gasteiger partial charge in [0, 0.05) is 0 Å². The maximum absolute atomic E-state index is 12.9. The Morgan fingerprint density at radius 3 is 0.905 bits per heavy atom. The van der Waals surface area contributed by atoms with Crippen LogP contribution in [0.25, 0.3) is 0 Å². The standard InChI is InChI=1S/C14H14O.2C4F9.Sn/c1-3-7-13(8-4-1)11-15-12-14-9-5-2-6-10-14;2*5-1(6)2(7,8)3(9,10)4(11,12)13;/h1-10H,11-12H2;;;. The summed E-state index contributed by atoms with van der Waals surface area (Å²) in [5.41, 5.74) is 2.43. The van der Waals surface area contributed by atoms with Crippen LogP contribution < -0.4 is 0 Å². The molecule has 238 valence electrons. The predicted octanol–water partition coefficient (Wildman–Crippen LogP) is 8.95. The molecule has 2 aromatic rings. The summed E-state index contributed by atoms with van der Waals surface area (Å²) in [5.74, 6) is -31.3. The Labute approximate surface area is 234 Å². The topological polar surface area (TPSA) is 9.23 Å². The summed E-state index contributed by atoms with van der Waals surface area (Å²) < 4.78 is 214. The Morgan fingerprint density at radius 2 is 0.667 bits per heavy atom. The third-order valence-electron chi connectivity index (χ3n) is 4.83. The molecule has 0 spiro atoms. The van der Waals surface area contributed by atoms with Crippen molar-refractivity contribution in [2.24, 2.45) is 0 Å². The van der Waals surface area contributed by atoms with E-state index < -0.39 is 65.1 Å². The van der Waals surface area contributed by atoms with Crippen LogP contribution in [0.1, 0.15) is 11.1 Å². The van der Waals surface area contributed by atoms with Crippen LogP contribution in [0, 0.1) is 0 Å². The van der Waals surface area contributed by atoms with E-state index in [4.69, 9.17) is 4.74 Å². The molecule has 0 heterocycles. The average molecular weight is 755 g/mol. The van der Waals surface area contributed by atoms with E-state index in [9.17, 15) is 79.0 Å². The molecule has 0 bridgehead atoms. The van der Waals surface area contributed by atoms with E-state index in [2.05, 4.69) is 24.3 Å². The second kappa shape index (κ2) is 12.9. The summed E-state index contributed by atoms with van der Waals surface area (Å²) in [5, 5.41) is 0. The summed E-state index contributed by atoms with van der Waals surface area (Å²) in [7, 11) is 0. The Morgan fingerprint density at radius 1 is 0.405 bits per heavy atom. The molecule has 2 rings (SSSR count). The zero-order chi connectivity index (χ0) is 33.1. The molecule has 0 fully saturated rings. The van der Waals surface area contributed by atoms with E-state index in [0.29, 0.717) is 13.2 Å². The molecule has 2 aromatic carbocycles. The van der Waals surface area contributed by atoms with E-state index in [0.717, 1.165) is 0 Å². The quantitative estimate of drug-likeness (QED) is 0.174. The molecule has 0 aliphatic rings. The second-order valence-electron chi connectivity index (χ2n) is 8.03. The van der Waals surface area contributed by atoms with Crippen LogP contribution in [-0.2, 0) is 18.0 Å². The van der Waals surface area contributed by atoms with Gasteiger partial charge in [-0.3, -0.25) is 0 Å². The maximum Gasteiger partial charge on any atom is 0.0721 e. The normalized spacial score (nSPS) is 14.3. The minimum Gasteiger partial charge on any atom is -0.372 e. The molecule has 1 nitrogen and oxygen atoms in total.